The van der Waals surface area contributed by atoms with E-state index in [4.69, 9.17) is 4.74 Å². The minimum atomic E-state index is -0.431. The van der Waals surface area contributed by atoms with Crippen LogP contribution in [-0.4, -0.2) is 17.2 Å². The van der Waals surface area contributed by atoms with Gasteiger partial charge in [-0.1, -0.05) is 12.8 Å². The van der Waals surface area contributed by atoms with Gasteiger partial charge in [-0.15, -0.1) is 0 Å². The molecule has 1 fully saturated rings. The normalized spacial score (nSPS) is 15.8. The topological polar surface area (TPSA) is 66.1 Å². The molecule has 0 amide bonds. The summed E-state index contributed by atoms with van der Waals surface area (Å²) >= 11 is 0. The van der Waals surface area contributed by atoms with E-state index < -0.39 is 5.41 Å². The standard InChI is InChI=1S/C20H21FN2O2/c1-25-16-4-5-18(21)17(9-16)19-15(8-14(12-24)11-23-19)10-20(13-22)6-2-3-7-20/h4-5,8-9,11,24H,2-3,6-7,10,12H2,1H3. The number of hydrogen-bond donors (Lipinski definition) is 1. The van der Waals surface area contributed by atoms with Crippen LogP contribution in [0.2, 0.25) is 0 Å². The molecule has 1 aromatic heterocycles. The third-order valence-corrected chi connectivity index (χ3v) is 4.96. The van der Waals surface area contributed by atoms with Crippen molar-refractivity contribution in [2.45, 2.75) is 38.7 Å². The van der Waals surface area contributed by atoms with Crippen LogP contribution >= 0.6 is 0 Å². The van der Waals surface area contributed by atoms with Crippen LogP contribution in [0.15, 0.2) is 30.5 Å². The van der Waals surface area contributed by atoms with Crippen molar-refractivity contribution in [3.63, 3.8) is 0 Å². The number of hydrogen-bond acceptors (Lipinski definition) is 4. The van der Waals surface area contributed by atoms with Gasteiger partial charge in [-0.25, -0.2) is 4.39 Å². The van der Waals surface area contributed by atoms with Crippen molar-refractivity contribution >= 4 is 0 Å². The fraction of sp³-hybridized carbons (Fsp3) is 0.400. The molecule has 1 aliphatic carbocycles. The Kier molecular flexibility index (Phi) is 5.00. The zero-order valence-corrected chi connectivity index (χ0v) is 14.3. The molecule has 0 saturated heterocycles. The summed E-state index contributed by atoms with van der Waals surface area (Å²) < 4.78 is 19.6. The van der Waals surface area contributed by atoms with Crippen molar-refractivity contribution in [3.8, 4) is 23.1 Å². The highest BCUT2D eigenvalue weighted by atomic mass is 19.1. The molecule has 0 aliphatic heterocycles. The smallest absolute Gasteiger partial charge is 0.132 e. The van der Waals surface area contributed by atoms with Crippen LogP contribution in [0.1, 0.15) is 36.8 Å². The summed E-state index contributed by atoms with van der Waals surface area (Å²) in [7, 11) is 1.53. The second-order valence-corrected chi connectivity index (χ2v) is 6.63. The molecular formula is C20H21FN2O2. The van der Waals surface area contributed by atoms with Gasteiger partial charge in [0, 0.05) is 11.8 Å². The molecule has 130 valence electrons. The van der Waals surface area contributed by atoms with E-state index in [9.17, 15) is 14.8 Å². The molecule has 2 aromatic rings. The van der Waals surface area contributed by atoms with Crippen molar-refractivity contribution in [3.05, 3.63) is 47.4 Å². The molecule has 0 atom stereocenters. The minimum absolute atomic E-state index is 0.138. The number of ether oxygens (including phenoxy) is 1. The molecule has 0 radical (unpaired) electrons. The SMILES string of the molecule is COc1ccc(F)c(-c2ncc(CO)cc2CC2(C#N)CCCC2)c1. The molecule has 5 heteroatoms. The molecule has 1 aliphatic rings. The number of rotatable bonds is 5. The number of nitrogens with zero attached hydrogens (tertiary/aromatic N) is 2. The van der Waals surface area contributed by atoms with Crippen LogP contribution in [0.5, 0.6) is 5.75 Å². The van der Waals surface area contributed by atoms with E-state index in [0.29, 0.717) is 29.0 Å². The van der Waals surface area contributed by atoms with Gasteiger partial charge >= 0.3 is 0 Å². The zero-order valence-electron chi connectivity index (χ0n) is 14.3. The summed E-state index contributed by atoms with van der Waals surface area (Å²) in [6.07, 6.45) is 5.80. The van der Waals surface area contributed by atoms with Crippen molar-refractivity contribution in [2.24, 2.45) is 5.41 Å². The lowest BCUT2D eigenvalue weighted by Crippen LogP contribution is -2.18. The zero-order chi connectivity index (χ0) is 17.9. The monoisotopic (exact) mass is 340 g/mol. The first-order valence-corrected chi connectivity index (χ1v) is 8.44. The van der Waals surface area contributed by atoms with Crippen LogP contribution in [0.4, 0.5) is 4.39 Å². The van der Waals surface area contributed by atoms with Crippen molar-refractivity contribution in [1.29, 1.82) is 5.26 Å². The van der Waals surface area contributed by atoms with Crippen LogP contribution in [0, 0.1) is 22.6 Å². The number of halogens is 1. The summed E-state index contributed by atoms with van der Waals surface area (Å²) in [5.41, 5.74) is 1.88. The fourth-order valence-electron chi connectivity index (χ4n) is 3.58. The number of benzene rings is 1. The van der Waals surface area contributed by atoms with Crippen LogP contribution < -0.4 is 4.74 Å². The highest BCUT2D eigenvalue weighted by Gasteiger charge is 2.35. The number of aromatic nitrogens is 1. The Morgan fingerprint density at radius 2 is 2.08 bits per heavy atom. The van der Waals surface area contributed by atoms with Crippen molar-refractivity contribution < 1.29 is 14.2 Å². The maximum Gasteiger partial charge on any atom is 0.132 e. The number of aliphatic hydroxyl groups excluding tert-OH is 1. The molecule has 1 saturated carbocycles. The van der Waals surface area contributed by atoms with Gasteiger partial charge < -0.3 is 9.84 Å². The Morgan fingerprint density at radius 3 is 2.72 bits per heavy atom. The Balaban J connectivity index is 2.10. The number of aliphatic hydroxyl groups is 1. The van der Waals surface area contributed by atoms with E-state index in [1.54, 1.807) is 18.3 Å². The summed E-state index contributed by atoms with van der Waals surface area (Å²) in [5.74, 6) is 0.162. The first-order chi connectivity index (χ1) is 12.1. The average Bonchev–Trinajstić information content (AvgIpc) is 3.11. The molecular weight excluding hydrogens is 319 g/mol. The summed E-state index contributed by atoms with van der Waals surface area (Å²) in [6, 6.07) is 8.84. The summed E-state index contributed by atoms with van der Waals surface area (Å²) in [5, 5.41) is 19.1. The quantitative estimate of drug-likeness (QED) is 0.893. The van der Waals surface area contributed by atoms with Crippen LogP contribution in [0.3, 0.4) is 0 Å². The molecule has 25 heavy (non-hydrogen) atoms. The highest BCUT2D eigenvalue weighted by Crippen LogP contribution is 2.42. The molecule has 0 unspecified atom stereocenters. The Hall–Kier alpha value is -2.45. The lowest BCUT2D eigenvalue weighted by molar-refractivity contribution is 0.281. The largest absolute Gasteiger partial charge is 0.497 e. The maximum atomic E-state index is 14.4. The molecule has 1 aromatic carbocycles. The van der Waals surface area contributed by atoms with E-state index in [1.165, 1.54) is 13.2 Å². The van der Waals surface area contributed by atoms with Gasteiger partial charge in [-0.3, -0.25) is 4.98 Å². The third-order valence-electron chi connectivity index (χ3n) is 4.96. The van der Waals surface area contributed by atoms with Crippen LogP contribution in [0.25, 0.3) is 11.3 Å². The predicted octanol–water partition coefficient (Wildman–Crippen LogP) is 4.02. The van der Waals surface area contributed by atoms with Crippen molar-refractivity contribution in [1.82, 2.24) is 4.98 Å². The van der Waals surface area contributed by atoms with Crippen molar-refractivity contribution in [2.75, 3.05) is 7.11 Å². The first-order valence-electron chi connectivity index (χ1n) is 8.44. The Labute approximate surface area is 146 Å². The molecule has 1 N–H and O–H groups in total. The lowest BCUT2D eigenvalue weighted by atomic mass is 9.80. The second-order valence-electron chi connectivity index (χ2n) is 6.63. The second kappa shape index (κ2) is 7.20. The number of methoxy groups -OCH3 is 1. The molecule has 0 bridgehead atoms. The van der Waals surface area contributed by atoms with Gasteiger partial charge in [0.2, 0.25) is 0 Å². The van der Waals surface area contributed by atoms with E-state index in [0.717, 1.165) is 31.2 Å². The van der Waals surface area contributed by atoms with E-state index in [2.05, 4.69) is 11.1 Å². The van der Waals surface area contributed by atoms with Gasteiger partial charge in [0.05, 0.1) is 30.9 Å². The summed E-state index contributed by atoms with van der Waals surface area (Å²) in [4.78, 5) is 4.40. The summed E-state index contributed by atoms with van der Waals surface area (Å²) in [6.45, 7) is -0.138. The number of pyridine rings is 1. The Morgan fingerprint density at radius 1 is 1.32 bits per heavy atom. The van der Waals surface area contributed by atoms with Gasteiger partial charge in [-0.05, 0) is 54.7 Å². The van der Waals surface area contributed by atoms with E-state index >= 15 is 0 Å². The van der Waals surface area contributed by atoms with Gasteiger partial charge in [-0.2, -0.15) is 5.26 Å². The van der Waals surface area contributed by atoms with Gasteiger partial charge in [0.25, 0.3) is 0 Å². The fourth-order valence-corrected chi connectivity index (χ4v) is 3.58. The third kappa shape index (κ3) is 3.49. The molecule has 1 heterocycles. The minimum Gasteiger partial charge on any atom is -0.497 e. The number of nitriles is 1. The Bertz CT molecular complexity index is 808. The maximum absolute atomic E-state index is 14.4. The lowest BCUT2D eigenvalue weighted by Gasteiger charge is -2.22. The first kappa shape index (κ1) is 17.4. The molecule has 0 spiro atoms. The predicted molar refractivity (Wildman–Crippen MR) is 92.3 cm³/mol. The average molecular weight is 340 g/mol. The molecule has 3 rings (SSSR count). The van der Waals surface area contributed by atoms with E-state index in [-0.39, 0.29) is 12.4 Å². The van der Waals surface area contributed by atoms with Gasteiger partial charge in [0.15, 0.2) is 0 Å². The highest BCUT2D eigenvalue weighted by molar-refractivity contribution is 5.66. The van der Waals surface area contributed by atoms with Crippen LogP contribution in [-0.2, 0) is 13.0 Å². The molecule has 4 nitrogen and oxygen atoms in total. The van der Waals surface area contributed by atoms with Gasteiger partial charge in [0.1, 0.15) is 11.6 Å². The van der Waals surface area contributed by atoms with E-state index in [1.807, 2.05) is 6.07 Å².